The monoisotopic (exact) mass is 359 g/mol. The number of amides is 2. The van der Waals surface area contributed by atoms with Crippen LogP contribution in [0.25, 0.3) is 0 Å². The van der Waals surface area contributed by atoms with Gasteiger partial charge in [0.05, 0.1) is 13.2 Å². The first-order valence-corrected chi connectivity index (χ1v) is 9.41. The second kappa shape index (κ2) is 8.18. The molecule has 3 rings (SSSR count). The first-order valence-electron chi connectivity index (χ1n) is 9.41. The Morgan fingerprint density at radius 2 is 1.42 bits per heavy atom. The highest BCUT2D eigenvalue weighted by molar-refractivity contribution is 6.04. The molecule has 0 aromatic heterocycles. The molecule has 1 aromatic carbocycles. The minimum atomic E-state index is -1.01. The Hall–Kier alpha value is -1.92. The summed E-state index contributed by atoms with van der Waals surface area (Å²) in [5.74, 6) is -0.147. The quantitative estimate of drug-likeness (QED) is 0.759. The van der Waals surface area contributed by atoms with Crippen molar-refractivity contribution < 1.29 is 14.3 Å². The van der Waals surface area contributed by atoms with Crippen molar-refractivity contribution in [2.75, 3.05) is 52.5 Å². The van der Waals surface area contributed by atoms with Gasteiger partial charge in [-0.25, -0.2) is 0 Å². The zero-order chi connectivity index (χ0) is 18.6. The SMILES string of the molecule is CC(C)(C(=O)N1CCOCC1)C(=O)N1CCN(Cc2ccccc2)CC1. The van der Waals surface area contributed by atoms with Gasteiger partial charge in [-0.05, 0) is 19.4 Å². The van der Waals surface area contributed by atoms with E-state index in [1.807, 2.05) is 11.0 Å². The summed E-state index contributed by atoms with van der Waals surface area (Å²) in [5.41, 5.74) is 0.272. The summed E-state index contributed by atoms with van der Waals surface area (Å²) in [4.78, 5) is 31.8. The van der Waals surface area contributed by atoms with Crippen molar-refractivity contribution in [2.24, 2.45) is 5.41 Å². The molecule has 2 aliphatic heterocycles. The van der Waals surface area contributed by atoms with Crippen LogP contribution in [-0.2, 0) is 20.9 Å². The topological polar surface area (TPSA) is 53.1 Å². The lowest BCUT2D eigenvalue weighted by atomic mass is 9.89. The van der Waals surface area contributed by atoms with Crippen LogP contribution in [0.3, 0.4) is 0 Å². The van der Waals surface area contributed by atoms with E-state index in [2.05, 4.69) is 29.2 Å². The molecule has 0 bridgehead atoms. The minimum absolute atomic E-state index is 0.0617. The van der Waals surface area contributed by atoms with Crippen molar-refractivity contribution >= 4 is 11.8 Å². The van der Waals surface area contributed by atoms with Crippen LogP contribution in [0.4, 0.5) is 0 Å². The van der Waals surface area contributed by atoms with E-state index in [0.717, 1.165) is 19.6 Å². The molecular formula is C20H29N3O3. The Balaban J connectivity index is 1.54. The summed E-state index contributed by atoms with van der Waals surface area (Å²) in [6, 6.07) is 10.4. The number of morpholine rings is 1. The maximum absolute atomic E-state index is 13.0. The molecule has 6 nitrogen and oxygen atoms in total. The summed E-state index contributed by atoms with van der Waals surface area (Å²) in [5, 5.41) is 0. The molecule has 0 N–H and O–H groups in total. The average Bonchev–Trinajstić information content (AvgIpc) is 2.69. The van der Waals surface area contributed by atoms with Crippen molar-refractivity contribution in [3.05, 3.63) is 35.9 Å². The third kappa shape index (κ3) is 4.24. The number of hydrogen-bond acceptors (Lipinski definition) is 4. The van der Waals surface area contributed by atoms with E-state index in [1.54, 1.807) is 18.7 Å². The van der Waals surface area contributed by atoms with E-state index < -0.39 is 5.41 Å². The molecule has 6 heteroatoms. The van der Waals surface area contributed by atoms with Crippen LogP contribution in [-0.4, -0.2) is 79.0 Å². The van der Waals surface area contributed by atoms with Gasteiger partial charge in [-0.1, -0.05) is 30.3 Å². The molecule has 0 atom stereocenters. The highest BCUT2D eigenvalue weighted by Gasteiger charge is 2.42. The third-order valence-corrected chi connectivity index (χ3v) is 5.28. The number of hydrogen-bond donors (Lipinski definition) is 0. The van der Waals surface area contributed by atoms with Crippen molar-refractivity contribution in [3.63, 3.8) is 0 Å². The number of piperazine rings is 1. The number of benzene rings is 1. The summed E-state index contributed by atoms with van der Waals surface area (Å²) in [6.45, 7) is 9.66. The van der Waals surface area contributed by atoms with Crippen molar-refractivity contribution in [1.82, 2.24) is 14.7 Å². The second-order valence-corrected chi connectivity index (χ2v) is 7.58. The summed E-state index contributed by atoms with van der Waals surface area (Å²) in [7, 11) is 0. The maximum Gasteiger partial charge on any atom is 0.237 e. The molecule has 0 saturated carbocycles. The first kappa shape index (κ1) is 18.9. The zero-order valence-corrected chi connectivity index (χ0v) is 15.8. The number of nitrogens with zero attached hydrogens (tertiary/aromatic N) is 3. The van der Waals surface area contributed by atoms with E-state index in [4.69, 9.17) is 4.74 Å². The predicted molar refractivity (Wildman–Crippen MR) is 99.5 cm³/mol. The van der Waals surface area contributed by atoms with Crippen molar-refractivity contribution in [2.45, 2.75) is 20.4 Å². The van der Waals surface area contributed by atoms with E-state index >= 15 is 0 Å². The molecule has 0 aliphatic carbocycles. The minimum Gasteiger partial charge on any atom is -0.378 e. The fraction of sp³-hybridized carbons (Fsp3) is 0.600. The van der Waals surface area contributed by atoms with Crippen molar-refractivity contribution in [1.29, 1.82) is 0 Å². The van der Waals surface area contributed by atoms with E-state index in [1.165, 1.54) is 5.56 Å². The lowest BCUT2D eigenvalue weighted by molar-refractivity contribution is -0.157. The molecule has 0 spiro atoms. The average molecular weight is 359 g/mol. The molecule has 2 aliphatic rings. The van der Waals surface area contributed by atoms with Gasteiger partial charge < -0.3 is 14.5 Å². The van der Waals surface area contributed by atoms with Crippen LogP contribution >= 0.6 is 0 Å². The van der Waals surface area contributed by atoms with Crippen LogP contribution in [0.1, 0.15) is 19.4 Å². The molecule has 0 unspecified atom stereocenters. The Kier molecular flexibility index (Phi) is 5.94. The summed E-state index contributed by atoms with van der Waals surface area (Å²) < 4.78 is 5.31. The number of ether oxygens (including phenoxy) is 1. The highest BCUT2D eigenvalue weighted by atomic mass is 16.5. The third-order valence-electron chi connectivity index (χ3n) is 5.28. The van der Waals surface area contributed by atoms with Gasteiger partial charge in [0.15, 0.2) is 0 Å². The Morgan fingerprint density at radius 1 is 0.885 bits per heavy atom. The number of rotatable bonds is 4. The molecule has 142 valence electrons. The Labute approximate surface area is 155 Å². The molecular weight excluding hydrogens is 330 g/mol. The lowest BCUT2D eigenvalue weighted by Gasteiger charge is -2.40. The highest BCUT2D eigenvalue weighted by Crippen LogP contribution is 2.24. The van der Waals surface area contributed by atoms with Gasteiger partial charge in [-0.3, -0.25) is 14.5 Å². The zero-order valence-electron chi connectivity index (χ0n) is 15.8. The van der Waals surface area contributed by atoms with Gasteiger partial charge in [0.1, 0.15) is 5.41 Å². The fourth-order valence-corrected chi connectivity index (χ4v) is 3.60. The molecule has 0 radical (unpaired) electrons. The van der Waals surface area contributed by atoms with E-state index in [-0.39, 0.29) is 11.8 Å². The normalized spacial score (nSPS) is 19.5. The first-order chi connectivity index (χ1) is 12.5. The van der Waals surface area contributed by atoms with Gasteiger partial charge in [0.2, 0.25) is 11.8 Å². The van der Waals surface area contributed by atoms with Gasteiger partial charge >= 0.3 is 0 Å². The summed E-state index contributed by atoms with van der Waals surface area (Å²) >= 11 is 0. The predicted octanol–water partition coefficient (Wildman–Crippen LogP) is 1.22. The molecule has 2 heterocycles. The van der Waals surface area contributed by atoms with Crippen LogP contribution in [0.15, 0.2) is 30.3 Å². The molecule has 26 heavy (non-hydrogen) atoms. The van der Waals surface area contributed by atoms with Crippen molar-refractivity contribution in [3.8, 4) is 0 Å². The number of carbonyl (C=O) groups is 2. The fourth-order valence-electron chi connectivity index (χ4n) is 3.60. The molecule has 1 aromatic rings. The molecule has 2 fully saturated rings. The van der Waals surface area contributed by atoms with Gasteiger partial charge in [-0.2, -0.15) is 0 Å². The lowest BCUT2D eigenvalue weighted by Crippen LogP contribution is -2.56. The van der Waals surface area contributed by atoms with E-state index in [9.17, 15) is 9.59 Å². The maximum atomic E-state index is 13.0. The Bertz CT molecular complexity index is 618. The second-order valence-electron chi connectivity index (χ2n) is 7.58. The summed E-state index contributed by atoms with van der Waals surface area (Å²) in [6.07, 6.45) is 0. The smallest absolute Gasteiger partial charge is 0.237 e. The van der Waals surface area contributed by atoms with Crippen LogP contribution in [0, 0.1) is 5.41 Å². The van der Waals surface area contributed by atoms with Crippen LogP contribution in [0.2, 0.25) is 0 Å². The van der Waals surface area contributed by atoms with Gasteiger partial charge in [0.25, 0.3) is 0 Å². The number of carbonyl (C=O) groups excluding carboxylic acids is 2. The van der Waals surface area contributed by atoms with E-state index in [0.29, 0.717) is 39.4 Å². The van der Waals surface area contributed by atoms with Crippen LogP contribution in [0.5, 0.6) is 0 Å². The van der Waals surface area contributed by atoms with Gasteiger partial charge in [0, 0.05) is 45.8 Å². The standard InChI is InChI=1S/C20H29N3O3/c1-20(2,19(25)23-12-14-26-15-13-23)18(24)22-10-8-21(9-11-22)16-17-6-4-3-5-7-17/h3-7H,8-16H2,1-2H3. The molecule has 2 amide bonds. The van der Waals surface area contributed by atoms with Crippen LogP contribution < -0.4 is 0 Å². The molecule has 2 saturated heterocycles. The Morgan fingerprint density at radius 3 is 2.00 bits per heavy atom. The van der Waals surface area contributed by atoms with Gasteiger partial charge in [-0.15, -0.1) is 0 Å². The largest absolute Gasteiger partial charge is 0.378 e.